The molecule has 0 heteroatoms. The van der Waals surface area contributed by atoms with Gasteiger partial charge in [-0.15, -0.1) is 6.58 Å². The molecule has 0 nitrogen and oxygen atoms in total. The van der Waals surface area contributed by atoms with Crippen molar-refractivity contribution in [1.82, 2.24) is 0 Å². The summed E-state index contributed by atoms with van der Waals surface area (Å²) in [6.07, 6.45) is 11.9. The molecule has 1 rings (SSSR count). The largest absolute Gasteiger partial charge is 0.103 e. The third-order valence-corrected chi connectivity index (χ3v) is 3.51. The Kier molecular flexibility index (Phi) is 7.48. The van der Waals surface area contributed by atoms with Crippen molar-refractivity contribution in [1.29, 1.82) is 0 Å². The standard InChI is InChI=1S/C18H28/c1-4-7-10-16-13-14-17(11-8-5-2)18(15-16)12-9-6-3/h5,13-15H,2,4,6-12H2,1,3H3. The summed E-state index contributed by atoms with van der Waals surface area (Å²) >= 11 is 0. The van der Waals surface area contributed by atoms with Crippen molar-refractivity contribution >= 4 is 0 Å². The molecule has 0 aliphatic carbocycles. The maximum Gasteiger partial charge on any atom is -0.0242 e. The Labute approximate surface area is 113 Å². The molecule has 0 unspecified atom stereocenters. The molecule has 0 atom stereocenters. The molecular weight excluding hydrogens is 216 g/mol. The van der Waals surface area contributed by atoms with E-state index in [1.807, 2.05) is 6.08 Å². The van der Waals surface area contributed by atoms with Gasteiger partial charge in [0.1, 0.15) is 0 Å². The van der Waals surface area contributed by atoms with Gasteiger partial charge in [0.15, 0.2) is 0 Å². The van der Waals surface area contributed by atoms with Crippen LogP contribution in [-0.2, 0) is 19.3 Å². The highest BCUT2D eigenvalue weighted by molar-refractivity contribution is 5.32. The maximum atomic E-state index is 3.83. The molecule has 0 spiro atoms. The van der Waals surface area contributed by atoms with Crippen LogP contribution in [0.1, 0.15) is 62.6 Å². The smallest absolute Gasteiger partial charge is 0.0242 e. The summed E-state index contributed by atoms with van der Waals surface area (Å²) in [5.74, 6) is 0. The van der Waals surface area contributed by atoms with Crippen LogP contribution in [0.5, 0.6) is 0 Å². The lowest BCUT2D eigenvalue weighted by Crippen LogP contribution is -1.97. The van der Waals surface area contributed by atoms with Crippen molar-refractivity contribution in [2.24, 2.45) is 0 Å². The van der Waals surface area contributed by atoms with Crippen LogP contribution in [0.2, 0.25) is 0 Å². The van der Waals surface area contributed by atoms with Gasteiger partial charge in [0.05, 0.1) is 0 Å². The van der Waals surface area contributed by atoms with E-state index in [0.717, 1.165) is 12.8 Å². The lowest BCUT2D eigenvalue weighted by atomic mass is 9.95. The van der Waals surface area contributed by atoms with Crippen molar-refractivity contribution in [2.75, 3.05) is 0 Å². The van der Waals surface area contributed by atoms with Gasteiger partial charge >= 0.3 is 0 Å². The van der Waals surface area contributed by atoms with Gasteiger partial charge in [-0.1, -0.05) is 51.0 Å². The Balaban J connectivity index is 2.77. The second-order valence-electron chi connectivity index (χ2n) is 5.14. The van der Waals surface area contributed by atoms with Gasteiger partial charge in [-0.3, -0.25) is 0 Å². The predicted molar refractivity (Wildman–Crippen MR) is 82.2 cm³/mol. The van der Waals surface area contributed by atoms with Crippen molar-refractivity contribution < 1.29 is 0 Å². The Hall–Kier alpha value is -1.04. The molecule has 0 saturated carbocycles. The number of hydrogen-bond acceptors (Lipinski definition) is 0. The van der Waals surface area contributed by atoms with E-state index in [1.54, 1.807) is 5.56 Å². The predicted octanol–water partition coefficient (Wildman–Crippen LogP) is 5.49. The molecule has 18 heavy (non-hydrogen) atoms. The number of hydrogen-bond donors (Lipinski definition) is 0. The molecule has 0 radical (unpaired) electrons. The second-order valence-corrected chi connectivity index (χ2v) is 5.14. The Morgan fingerprint density at radius 2 is 1.67 bits per heavy atom. The van der Waals surface area contributed by atoms with E-state index in [-0.39, 0.29) is 0 Å². The fourth-order valence-corrected chi connectivity index (χ4v) is 2.32. The van der Waals surface area contributed by atoms with E-state index in [2.05, 4.69) is 38.6 Å². The minimum Gasteiger partial charge on any atom is -0.103 e. The first kappa shape index (κ1) is 15.0. The van der Waals surface area contributed by atoms with Crippen molar-refractivity contribution in [2.45, 2.75) is 65.2 Å². The van der Waals surface area contributed by atoms with Crippen LogP contribution in [0.25, 0.3) is 0 Å². The Bertz CT molecular complexity index is 349. The maximum absolute atomic E-state index is 3.83. The topological polar surface area (TPSA) is 0 Å². The lowest BCUT2D eigenvalue weighted by Gasteiger charge is -2.11. The van der Waals surface area contributed by atoms with Crippen LogP contribution in [0.4, 0.5) is 0 Å². The minimum absolute atomic E-state index is 1.09. The first-order valence-electron chi connectivity index (χ1n) is 7.53. The Morgan fingerprint density at radius 1 is 0.944 bits per heavy atom. The molecule has 0 fully saturated rings. The zero-order valence-corrected chi connectivity index (χ0v) is 12.2. The minimum atomic E-state index is 1.09. The van der Waals surface area contributed by atoms with Crippen LogP contribution in [0.15, 0.2) is 30.9 Å². The summed E-state index contributed by atoms with van der Waals surface area (Å²) in [7, 11) is 0. The van der Waals surface area contributed by atoms with Gasteiger partial charge in [0.25, 0.3) is 0 Å². The molecule has 1 aromatic carbocycles. The van der Waals surface area contributed by atoms with Crippen molar-refractivity contribution in [3.63, 3.8) is 0 Å². The molecule has 1 aromatic rings. The highest BCUT2D eigenvalue weighted by Gasteiger charge is 2.03. The number of allylic oxidation sites excluding steroid dienone is 1. The van der Waals surface area contributed by atoms with Crippen molar-refractivity contribution in [3.8, 4) is 0 Å². The molecule has 0 bridgehead atoms. The zero-order chi connectivity index (χ0) is 13.2. The highest BCUT2D eigenvalue weighted by atomic mass is 14.1. The third kappa shape index (κ3) is 5.08. The fraction of sp³-hybridized carbons (Fsp3) is 0.556. The van der Waals surface area contributed by atoms with Gasteiger partial charge in [-0.25, -0.2) is 0 Å². The summed E-state index contributed by atoms with van der Waals surface area (Å²) in [4.78, 5) is 0. The van der Waals surface area contributed by atoms with E-state index in [1.165, 1.54) is 49.7 Å². The molecule has 100 valence electrons. The summed E-state index contributed by atoms with van der Waals surface area (Å²) < 4.78 is 0. The van der Waals surface area contributed by atoms with Crippen LogP contribution in [0, 0.1) is 0 Å². The van der Waals surface area contributed by atoms with Gasteiger partial charge in [0, 0.05) is 0 Å². The van der Waals surface area contributed by atoms with E-state index in [9.17, 15) is 0 Å². The molecular formula is C18H28. The van der Waals surface area contributed by atoms with Gasteiger partial charge in [-0.2, -0.15) is 0 Å². The Morgan fingerprint density at radius 3 is 2.33 bits per heavy atom. The number of aryl methyl sites for hydroxylation is 3. The fourth-order valence-electron chi connectivity index (χ4n) is 2.32. The molecule has 0 aliphatic rings. The van der Waals surface area contributed by atoms with Crippen LogP contribution < -0.4 is 0 Å². The average molecular weight is 244 g/mol. The van der Waals surface area contributed by atoms with Crippen LogP contribution in [0.3, 0.4) is 0 Å². The van der Waals surface area contributed by atoms with E-state index in [4.69, 9.17) is 0 Å². The summed E-state index contributed by atoms with van der Waals surface area (Å²) in [5.41, 5.74) is 4.63. The van der Waals surface area contributed by atoms with E-state index in [0.29, 0.717) is 0 Å². The first-order chi connectivity index (χ1) is 8.81. The monoisotopic (exact) mass is 244 g/mol. The molecule has 0 saturated heterocycles. The summed E-state index contributed by atoms with van der Waals surface area (Å²) in [6.45, 7) is 8.35. The lowest BCUT2D eigenvalue weighted by molar-refractivity contribution is 0.772. The quantitative estimate of drug-likeness (QED) is 0.504. The third-order valence-electron chi connectivity index (χ3n) is 3.51. The first-order valence-corrected chi connectivity index (χ1v) is 7.53. The normalized spacial score (nSPS) is 10.6. The molecule has 0 N–H and O–H groups in total. The highest BCUT2D eigenvalue weighted by Crippen LogP contribution is 2.18. The summed E-state index contributed by atoms with van der Waals surface area (Å²) in [5, 5.41) is 0. The van der Waals surface area contributed by atoms with Crippen LogP contribution >= 0.6 is 0 Å². The molecule has 0 amide bonds. The SMILES string of the molecule is C=CCCc1ccc(CCCC)cc1CCCC. The van der Waals surface area contributed by atoms with Gasteiger partial charge in [0.2, 0.25) is 0 Å². The number of rotatable bonds is 9. The second kappa shape index (κ2) is 8.97. The zero-order valence-electron chi connectivity index (χ0n) is 12.2. The van der Waals surface area contributed by atoms with Crippen molar-refractivity contribution in [3.05, 3.63) is 47.5 Å². The number of benzene rings is 1. The van der Waals surface area contributed by atoms with Gasteiger partial charge < -0.3 is 0 Å². The summed E-state index contributed by atoms with van der Waals surface area (Å²) in [6, 6.07) is 7.12. The average Bonchev–Trinajstić information content (AvgIpc) is 2.41. The number of unbranched alkanes of at least 4 members (excludes halogenated alkanes) is 2. The van der Waals surface area contributed by atoms with Gasteiger partial charge in [-0.05, 0) is 55.2 Å². The molecule has 0 aliphatic heterocycles. The van der Waals surface area contributed by atoms with E-state index >= 15 is 0 Å². The van der Waals surface area contributed by atoms with Crippen LogP contribution in [-0.4, -0.2) is 0 Å². The van der Waals surface area contributed by atoms with E-state index < -0.39 is 0 Å². The molecule has 0 heterocycles. The molecule has 0 aromatic heterocycles.